The number of ether oxygens (including phenoxy) is 1. The number of hydrogen-bond donors (Lipinski definition) is 0. The average molecular weight is 353 g/mol. The number of pyridine rings is 1. The molecule has 3 aromatic rings. The first-order valence-electron chi connectivity index (χ1n) is 5.81. The largest absolute Gasteiger partial charge is 0.435 e. The maximum absolute atomic E-state index is 13.7. The Morgan fingerprint density at radius 1 is 1.15 bits per heavy atom. The lowest BCUT2D eigenvalue weighted by atomic mass is 10.1. The minimum atomic E-state index is -0.599. The molecule has 5 heteroatoms. The summed E-state index contributed by atoms with van der Waals surface area (Å²) >= 11 is 9.14. The lowest BCUT2D eigenvalue weighted by Crippen LogP contribution is -1.93. The third kappa shape index (κ3) is 2.49. The van der Waals surface area contributed by atoms with Crippen molar-refractivity contribution in [1.29, 1.82) is 0 Å². The number of fused-ring (bicyclic) bond motifs is 1. The molecule has 0 unspecified atom stereocenters. The molecule has 3 rings (SSSR count). The molecule has 0 aliphatic rings. The van der Waals surface area contributed by atoms with Gasteiger partial charge in [-0.1, -0.05) is 41.9 Å². The second-order valence-electron chi connectivity index (χ2n) is 4.14. The predicted molar refractivity (Wildman–Crippen MR) is 80.9 cm³/mol. The predicted octanol–water partition coefficient (Wildman–Crippen LogP) is 5.58. The second-order valence-corrected chi connectivity index (χ2v) is 5.37. The van der Waals surface area contributed by atoms with E-state index >= 15 is 0 Å². The molecule has 2 aromatic carbocycles. The zero-order valence-electron chi connectivity index (χ0n) is 10.1. The Morgan fingerprint density at radius 3 is 2.75 bits per heavy atom. The first-order valence-corrected chi connectivity index (χ1v) is 6.98. The van der Waals surface area contributed by atoms with Gasteiger partial charge < -0.3 is 4.74 Å². The van der Waals surface area contributed by atoms with Crippen LogP contribution in [0.5, 0.6) is 11.6 Å². The minimum Gasteiger partial charge on any atom is -0.435 e. The molecule has 0 aliphatic heterocycles. The molecule has 0 radical (unpaired) electrons. The maximum atomic E-state index is 13.7. The lowest BCUT2D eigenvalue weighted by molar-refractivity contribution is 0.421. The number of benzene rings is 2. The van der Waals surface area contributed by atoms with Gasteiger partial charge >= 0.3 is 0 Å². The van der Waals surface area contributed by atoms with Crippen molar-refractivity contribution in [3.05, 3.63) is 64.0 Å². The van der Waals surface area contributed by atoms with Crippen molar-refractivity contribution in [3.8, 4) is 11.6 Å². The normalized spacial score (nSPS) is 10.8. The summed E-state index contributed by atoms with van der Waals surface area (Å²) in [5.41, 5.74) is 0. The summed E-state index contributed by atoms with van der Waals surface area (Å²) in [6, 6.07) is 12.7. The monoisotopic (exact) mass is 351 g/mol. The highest BCUT2D eigenvalue weighted by Crippen LogP contribution is 2.36. The Kier molecular flexibility index (Phi) is 3.59. The van der Waals surface area contributed by atoms with Gasteiger partial charge in [0, 0.05) is 6.20 Å². The molecule has 2 nitrogen and oxygen atoms in total. The summed E-state index contributed by atoms with van der Waals surface area (Å²) in [6.07, 6.45) is 1.34. The molecule has 20 heavy (non-hydrogen) atoms. The van der Waals surface area contributed by atoms with E-state index in [0.717, 1.165) is 15.2 Å². The average Bonchev–Trinajstić information content (AvgIpc) is 2.45. The van der Waals surface area contributed by atoms with Crippen molar-refractivity contribution in [3.63, 3.8) is 0 Å². The van der Waals surface area contributed by atoms with Crippen LogP contribution >= 0.6 is 27.5 Å². The number of aromatic nitrogens is 1. The molecular weight excluding hydrogens is 345 g/mol. The van der Waals surface area contributed by atoms with Gasteiger partial charge in [0.25, 0.3) is 5.88 Å². The van der Waals surface area contributed by atoms with Crippen LogP contribution in [-0.4, -0.2) is 4.98 Å². The van der Waals surface area contributed by atoms with Crippen molar-refractivity contribution in [1.82, 2.24) is 4.98 Å². The highest BCUT2D eigenvalue weighted by Gasteiger charge is 2.11. The highest BCUT2D eigenvalue weighted by molar-refractivity contribution is 9.10. The van der Waals surface area contributed by atoms with E-state index in [0.29, 0.717) is 5.75 Å². The van der Waals surface area contributed by atoms with E-state index in [9.17, 15) is 4.39 Å². The minimum absolute atomic E-state index is 0.106. The van der Waals surface area contributed by atoms with E-state index < -0.39 is 5.82 Å². The van der Waals surface area contributed by atoms with Gasteiger partial charge in [0.05, 0.1) is 9.50 Å². The summed E-state index contributed by atoms with van der Waals surface area (Å²) < 4.78 is 20.0. The van der Waals surface area contributed by atoms with Gasteiger partial charge in [0.2, 0.25) is 0 Å². The number of rotatable bonds is 2. The molecule has 0 aliphatic carbocycles. The van der Waals surface area contributed by atoms with Gasteiger partial charge in [0.15, 0.2) is 5.82 Å². The quantitative estimate of drug-likeness (QED) is 0.600. The SMILES string of the molecule is Fc1cc(Cl)cnc1Oc1ccc2ccccc2c1Br. The van der Waals surface area contributed by atoms with E-state index in [-0.39, 0.29) is 10.9 Å². The van der Waals surface area contributed by atoms with Crippen LogP contribution in [0.1, 0.15) is 0 Å². The Bertz CT molecular complexity index is 794. The van der Waals surface area contributed by atoms with Crippen LogP contribution in [0, 0.1) is 5.82 Å². The lowest BCUT2D eigenvalue weighted by Gasteiger charge is -2.09. The van der Waals surface area contributed by atoms with E-state index in [1.807, 2.05) is 30.3 Å². The van der Waals surface area contributed by atoms with Crippen LogP contribution in [-0.2, 0) is 0 Å². The zero-order valence-corrected chi connectivity index (χ0v) is 12.5. The van der Waals surface area contributed by atoms with Gasteiger partial charge in [-0.15, -0.1) is 0 Å². The summed E-state index contributed by atoms with van der Waals surface area (Å²) in [6.45, 7) is 0. The maximum Gasteiger partial charge on any atom is 0.256 e. The van der Waals surface area contributed by atoms with Crippen molar-refractivity contribution >= 4 is 38.3 Å². The van der Waals surface area contributed by atoms with E-state index in [1.165, 1.54) is 12.3 Å². The van der Waals surface area contributed by atoms with Crippen LogP contribution in [0.2, 0.25) is 5.02 Å². The smallest absolute Gasteiger partial charge is 0.256 e. The summed E-state index contributed by atoms with van der Waals surface area (Å²) in [4.78, 5) is 3.84. The van der Waals surface area contributed by atoms with Gasteiger partial charge in [0.1, 0.15) is 5.75 Å². The molecular formula is C15H8BrClFNO. The molecule has 0 saturated heterocycles. The van der Waals surface area contributed by atoms with Crippen molar-refractivity contribution in [2.24, 2.45) is 0 Å². The topological polar surface area (TPSA) is 22.1 Å². The molecule has 0 bridgehead atoms. The van der Waals surface area contributed by atoms with Crippen molar-refractivity contribution in [2.45, 2.75) is 0 Å². The summed E-state index contributed by atoms with van der Waals surface area (Å²) in [5, 5.41) is 2.28. The molecule has 0 amide bonds. The molecule has 1 aromatic heterocycles. The molecule has 1 heterocycles. The van der Waals surface area contributed by atoms with Crippen molar-refractivity contribution in [2.75, 3.05) is 0 Å². The van der Waals surface area contributed by atoms with Crippen LogP contribution in [0.25, 0.3) is 10.8 Å². The molecule has 100 valence electrons. The van der Waals surface area contributed by atoms with Crippen LogP contribution in [0.4, 0.5) is 4.39 Å². The second kappa shape index (κ2) is 5.38. The summed E-state index contributed by atoms with van der Waals surface area (Å²) in [5.74, 6) is -0.208. The van der Waals surface area contributed by atoms with E-state index in [4.69, 9.17) is 16.3 Å². The fourth-order valence-electron chi connectivity index (χ4n) is 1.87. The Morgan fingerprint density at radius 2 is 1.95 bits per heavy atom. The van der Waals surface area contributed by atoms with Crippen LogP contribution in [0.15, 0.2) is 53.1 Å². The Labute approximate surface area is 128 Å². The number of hydrogen-bond acceptors (Lipinski definition) is 2. The van der Waals surface area contributed by atoms with Crippen LogP contribution < -0.4 is 4.74 Å². The summed E-state index contributed by atoms with van der Waals surface area (Å²) in [7, 11) is 0. The fraction of sp³-hybridized carbons (Fsp3) is 0. The van der Waals surface area contributed by atoms with Crippen molar-refractivity contribution < 1.29 is 9.13 Å². The highest BCUT2D eigenvalue weighted by atomic mass is 79.9. The third-order valence-electron chi connectivity index (χ3n) is 2.81. The fourth-order valence-corrected chi connectivity index (χ4v) is 2.59. The Hall–Kier alpha value is -1.65. The first kappa shape index (κ1) is 13.3. The molecule has 0 saturated carbocycles. The van der Waals surface area contributed by atoms with Crippen LogP contribution in [0.3, 0.4) is 0 Å². The zero-order chi connectivity index (χ0) is 14.1. The molecule has 0 spiro atoms. The third-order valence-corrected chi connectivity index (χ3v) is 3.83. The number of halogens is 3. The van der Waals surface area contributed by atoms with Gasteiger partial charge in [-0.3, -0.25) is 0 Å². The van der Waals surface area contributed by atoms with Gasteiger partial charge in [-0.05, 0) is 38.8 Å². The Balaban J connectivity index is 2.04. The molecule has 0 N–H and O–H groups in total. The van der Waals surface area contributed by atoms with E-state index in [1.54, 1.807) is 6.07 Å². The van der Waals surface area contributed by atoms with Gasteiger partial charge in [-0.2, -0.15) is 0 Å². The number of nitrogens with zero attached hydrogens (tertiary/aromatic N) is 1. The molecule has 0 atom stereocenters. The molecule has 0 fully saturated rings. The first-order chi connectivity index (χ1) is 9.65. The standard InChI is InChI=1S/C15H8BrClFNO/c16-14-11-4-2-1-3-9(11)5-6-13(14)20-15-12(18)7-10(17)8-19-15/h1-8H. The van der Waals surface area contributed by atoms with E-state index in [2.05, 4.69) is 20.9 Å². The van der Waals surface area contributed by atoms with Gasteiger partial charge in [-0.25, -0.2) is 9.37 Å².